The van der Waals surface area contributed by atoms with Crippen LogP contribution in [0.3, 0.4) is 0 Å². The van der Waals surface area contributed by atoms with Crippen LogP contribution >= 0.6 is 0 Å². The van der Waals surface area contributed by atoms with Gasteiger partial charge in [0.2, 0.25) is 11.7 Å². The fourth-order valence-electron chi connectivity index (χ4n) is 3.95. The van der Waals surface area contributed by atoms with E-state index < -0.39 is 16.2 Å². The molecule has 1 saturated carbocycles. The minimum Gasteiger partial charge on any atom is -0.454 e. The van der Waals surface area contributed by atoms with E-state index in [0.29, 0.717) is 11.8 Å². The third-order valence-electron chi connectivity index (χ3n) is 5.64. The molecule has 0 N–H and O–H groups in total. The highest BCUT2D eigenvalue weighted by molar-refractivity contribution is 7.88. The maximum absolute atomic E-state index is 12.6. The molecule has 2 heterocycles. The van der Waals surface area contributed by atoms with Crippen molar-refractivity contribution in [2.24, 2.45) is 10.3 Å². The lowest BCUT2D eigenvalue weighted by Gasteiger charge is -2.23. The maximum atomic E-state index is 12.6. The van der Waals surface area contributed by atoms with Crippen LogP contribution in [-0.4, -0.2) is 34.5 Å². The molecule has 0 radical (unpaired) electrons. The molecule has 0 unspecified atom stereocenters. The van der Waals surface area contributed by atoms with Crippen LogP contribution < -0.4 is 0 Å². The minimum absolute atomic E-state index is 0.0616. The molecule has 2 aliphatic rings. The van der Waals surface area contributed by atoms with E-state index >= 15 is 0 Å². The van der Waals surface area contributed by atoms with E-state index in [1.807, 2.05) is 18.2 Å². The van der Waals surface area contributed by atoms with Gasteiger partial charge in [-0.1, -0.05) is 54.8 Å². The molecule has 1 aromatic heterocycles. The third kappa shape index (κ3) is 5.42. The fourth-order valence-corrected chi connectivity index (χ4v) is 5.05. The fraction of sp³-hybridized carbons (Fsp3) is 0.455. The van der Waals surface area contributed by atoms with Crippen molar-refractivity contribution in [1.29, 1.82) is 0 Å². The summed E-state index contributed by atoms with van der Waals surface area (Å²) in [5.41, 5.74) is 0.916. The number of carbonyl (C=O) groups excluding carboxylic acids is 1. The number of esters is 1. The first kappa shape index (κ1) is 22.2. The molecule has 0 atom stereocenters. The highest BCUT2D eigenvalue weighted by Crippen LogP contribution is 2.26. The van der Waals surface area contributed by atoms with Gasteiger partial charge in [-0.05, 0) is 31.2 Å². The summed E-state index contributed by atoms with van der Waals surface area (Å²) < 4.78 is 40.2. The Labute approximate surface area is 187 Å². The minimum atomic E-state index is -3.92. The summed E-state index contributed by atoms with van der Waals surface area (Å²) in [5.74, 6) is 0.697. The van der Waals surface area contributed by atoms with Crippen molar-refractivity contribution >= 4 is 21.9 Å². The summed E-state index contributed by atoms with van der Waals surface area (Å²) in [6, 6.07) is 9.06. The normalized spacial score (nSPS) is 18.7. The number of benzene rings is 1. The van der Waals surface area contributed by atoms with E-state index in [4.69, 9.17) is 9.26 Å². The summed E-state index contributed by atoms with van der Waals surface area (Å²) in [7, 11) is -3.92. The summed E-state index contributed by atoms with van der Waals surface area (Å²) in [6.07, 6.45) is 8.09. The van der Waals surface area contributed by atoms with Gasteiger partial charge in [0, 0.05) is 12.6 Å². The van der Waals surface area contributed by atoms with Crippen LogP contribution in [0.15, 0.2) is 51.0 Å². The van der Waals surface area contributed by atoms with E-state index in [9.17, 15) is 13.2 Å². The van der Waals surface area contributed by atoms with Crippen molar-refractivity contribution in [1.82, 2.24) is 14.4 Å². The van der Waals surface area contributed by atoms with Crippen LogP contribution in [0.5, 0.6) is 0 Å². The monoisotopic (exact) mass is 458 g/mol. The first-order valence-electron chi connectivity index (χ1n) is 10.7. The zero-order valence-electron chi connectivity index (χ0n) is 17.9. The van der Waals surface area contributed by atoms with Gasteiger partial charge < -0.3 is 9.26 Å². The zero-order valence-corrected chi connectivity index (χ0v) is 18.8. The van der Waals surface area contributed by atoms with Crippen molar-refractivity contribution in [3.63, 3.8) is 0 Å². The van der Waals surface area contributed by atoms with E-state index in [2.05, 4.69) is 14.5 Å². The lowest BCUT2D eigenvalue weighted by Crippen LogP contribution is -2.31. The number of ether oxygens (including phenoxy) is 1. The van der Waals surface area contributed by atoms with Gasteiger partial charge in [0.25, 0.3) is 0 Å². The lowest BCUT2D eigenvalue weighted by molar-refractivity contribution is -0.140. The van der Waals surface area contributed by atoms with Crippen LogP contribution in [0.1, 0.15) is 56.3 Å². The van der Waals surface area contributed by atoms with Crippen molar-refractivity contribution in [3.05, 3.63) is 59.4 Å². The van der Waals surface area contributed by atoms with E-state index in [0.717, 1.165) is 16.3 Å². The number of hydrogen-bond acceptors (Lipinski definition) is 7. The third-order valence-corrected chi connectivity index (χ3v) is 6.98. The highest BCUT2D eigenvalue weighted by Gasteiger charge is 2.29. The predicted octanol–water partition coefficient (Wildman–Crippen LogP) is 3.34. The number of nitrogens with zero attached hydrogens (tertiary/aromatic N) is 4. The SMILES string of the molecule is CC1=NS(=O)(=O)N(Cc2ccccc2)C=C1C(=O)OCc1noc(CC2CCCCC2)n1. The van der Waals surface area contributed by atoms with Gasteiger partial charge in [0.05, 0.1) is 17.8 Å². The van der Waals surface area contributed by atoms with Crippen LogP contribution in [0.4, 0.5) is 0 Å². The summed E-state index contributed by atoms with van der Waals surface area (Å²) in [5, 5.41) is 3.89. The molecular formula is C22H26N4O5S. The summed E-state index contributed by atoms with van der Waals surface area (Å²) in [4.78, 5) is 17.0. The molecule has 1 aromatic carbocycles. The van der Waals surface area contributed by atoms with Gasteiger partial charge in [-0.25, -0.2) is 4.79 Å². The highest BCUT2D eigenvalue weighted by atomic mass is 32.2. The molecule has 0 bridgehead atoms. The Bertz CT molecular complexity index is 1120. The van der Waals surface area contributed by atoms with Gasteiger partial charge >= 0.3 is 16.2 Å². The van der Waals surface area contributed by atoms with Crippen LogP contribution in [0, 0.1) is 5.92 Å². The first-order chi connectivity index (χ1) is 15.4. The molecule has 10 heteroatoms. The number of rotatable bonds is 7. The first-order valence-corrected chi connectivity index (χ1v) is 12.1. The topological polar surface area (TPSA) is 115 Å². The average Bonchev–Trinajstić information content (AvgIpc) is 3.22. The Morgan fingerprint density at radius 2 is 1.94 bits per heavy atom. The van der Waals surface area contributed by atoms with Gasteiger partial charge in [0.15, 0.2) is 6.61 Å². The Balaban J connectivity index is 1.39. The van der Waals surface area contributed by atoms with Gasteiger partial charge in [0.1, 0.15) is 0 Å². The lowest BCUT2D eigenvalue weighted by atomic mass is 9.87. The van der Waals surface area contributed by atoms with Crippen molar-refractivity contribution in [2.75, 3.05) is 0 Å². The second kappa shape index (κ2) is 9.64. The van der Waals surface area contributed by atoms with E-state index in [1.54, 1.807) is 12.1 Å². The Morgan fingerprint density at radius 3 is 2.69 bits per heavy atom. The standard InChI is InChI=1S/C22H26N4O5S/c1-16-19(14-26(32(28,29)25-16)13-18-10-6-3-7-11-18)22(27)30-15-20-23-21(31-24-20)12-17-8-4-2-5-9-17/h3,6-7,10-11,14,17H,2,4-5,8-9,12-13,15H2,1H3. The Hall–Kier alpha value is -3.01. The van der Waals surface area contributed by atoms with Crippen LogP contribution in [0.2, 0.25) is 0 Å². The van der Waals surface area contributed by atoms with Gasteiger partial charge in [-0.3, -0.25) is 4.31 Å². The van der Waals surface area contributed by atoms with E-state index in [1.165, 1.54) is 45.2 Å². The Morgan fingerprint density at radius 1 is 1.19 bits per heavy atom. The molecule has 1 fully saturated rings. The molecule has 170 valence electrons. The van der Waals surface area contributed by atoms with Crippen molar-refractivity contribution in [2.45, 2.75) is 58.6 Å². The molecule has 9 nitrogen and oxygen atoms in total. The molecule has 1 aliphatic carbocycles. The largest absolute Gasteiger partial charge is 0.454 e. The number of aromatic nitrogens is 2. The molecule has 4 rings (SSSR count). The van der Waals surface area contributed by atoms with Gasteiger partial charge in [-0.2, -0.15) is 13.4 Å². The summed E-state index contributed by atoms with van der Waals surface area (Å²) >= 11 is 0. The molecule has 0 spiro atoms. The quantitative estimate of drug-likeness (QED) is 0.584. The smallest absolute Gasteiger partial charge is 0.344 e. The van der Waals surface area contributed by atoms with Crippen molar-refractivity contribution < 1.29 is 22.5 Å². The molecule has 32 heavy (non-hydrogen) atoms. The number of carbonyl (C=O) groups is 1. The average molecular weight is 459 g/mol. The molecule has 1 aliphatic heterocycles. The zero-order chi connectivity index (χ0) is 22.6. The molecular weight excluding hydrogens is 432 g/mol. The Kier molecular flexibility index (Phi) is 6.69. The van der Waals surface area contributed by atoms with Crippen molar-refractivity contribution in [3.8, 4) is 0 Å². The maximum Gasteiger partial charge on any atom is 0.344 e. The van der Waals surface area contributed by atoms with E-state index in [-0.39, 0.29) is 30.3 Å². The van der Waals surface area contributed by atoms with Crippen LogP contribution in [-0.2, 0) is 39.3 Å². The molecule has 2 aromatic rings. The second-order valence-electron chi connectivity index (χ2n) is 8.12. The second-order valence-corrected chi connectivity index (χ2v) is 9.66. The summed E-state index contributed by atoms with van der Waals surface area (Å²) in [6.45, 7) is 1.36. The predicted molar refractivity (Wildman–Crippen MR) is 116 cm³/mol. The molecule has 0 saturated heterocycles. The molecule has 0 amide bonds. The number of hydrogen-bond donors (Lipinski definition) is 0. The van der Waals surface area contributed by atoms with Gasteiger partial charge in [-0.15, -0.1) is 4.40 Å². The van der Waals surface area contributed by atoms with Crippen LogP contribution in [0.25, 0.3) is 0 Å².